The fraction of sp³-hybridized carbons (Fsp3) is 0.645. The predicted octanol–water partition coefficient (Wildman–Crippen LogP) is 5.62. The second kappa shape index (κ2) is 13.4. The van der Waals surface area contributed by atoms with E-state index in [4.69, 9.17) is 9.72 Å². The molecule has 0 radical (unpaired) electrons. The quantitative estimate of drug-likeness (QED) is 0.405. The lowest BCUT2D eigenvalue weighted by Crippen LogP contribution is -2.62. The molecule has 10 nitrogen and oxygen atoms in total. The molecule has 0 aromatic carbocycles. The molecule has 0 unspecified atom stereocenters. The summed E-state index contributed by atoms with van der Waals surface area (Å²) >= 11 is 1.66. The Balaban J connectivity index is 1.35. The van der Waals surface area contributed by atoms with Crippen LogP contribution in [0.4, 0.5) is 15.7 Å². The van der Waals surface area contributed by atoms with Gasteiger partial charge in [-0.3, -0.25) is 9.59 Å². The van der Waals surface area contributed by atoms with Crippen molar-refractivity contribution in [2.75, 3.05) is 25.0 Å². The zero-order valence-corrected chi connectivity index (χ0v) is 26.7. The van der Waals surface area contributed by atoms with E-state index >= 15 is 0 Å². The van der Waals surface area contributed by atoms with Gasteiger partial charge < -0.3 is 25.2 Å². The van der Waals surface area contributed by atoms with Crippen LogP contribution in [0.5, 0.6) is 0 Å². The molecule has 0 saturated carbocycles. The molecule has 2 N–H and O–H groups in total. The van der Waals surface area contributed by atoms with Crippen LogP contribution >= 0.6 is 11.3 Å². The number of carbonyl (C=O) groups is 3. The Hall–Kier alpha value is -3.21. The number of alkyl carbamates (subject to hydrolysis) is 1. The SMILES string of the molecule is CCCc1cnc(Nc2cccc(C3CCN(C(=O)[C@@H]4CCCCN4C(=O)C(C)(C)NC(=O)OC(C)(C)C)CC3)n2)s1. The lowest BCUT2D eigenvalue weighted by Gasteiger charge is -2.42. The van der Waals surface area contributed by atoms with Crippen molar-refractivity contribution in [3.05, 3.63) is 35.0 Å². The fourth-order valence-electron chi connectivity index (χ4n) is 5.59. The van der Waals surface area contributed by atoms with E-state index < -0.39 is 23.3 Å². The van der Waals surface area contributed by atoms with Crippen molar-refractivity contribution >= 4 is 40.2 Å². The van der Waals surface area contributed by atoms with E-state index in [1.807, 2.05) is 23.2 Å². The van der Waals surface area contributed by atoms with Crippen LogP contribution in [0.1, 0.15) is 96.6 Å². The topological polar surface area (TPSA) is 117 Å². The normalized spacial score (nSPS) is 18.5. The van der Waals surface area contributed by atoms with Crippen LogP contribution in [0.15, 0.2) is 24.4 Å². The predicted molar refractivity (Wildman–Crippen MR) is 165 cm³/mol. The minimum absolute atomic E-state index is 0.00963. The Morgan fingerprint density at radius 2 is 1.79 bits per heavy atom. The molecule has 230 valence electrons. The molecule has 4 rings (SSSR count). The number of nitrogens with one attached hydrogen (secondary N) is 2. The van der Waals surface area contributed by atoms with Crippen molar-refractivity contribution in [1.29, 1.82) is 0 Å². The number of thiazole rings is 1. The molecule has 2 fully saturated rings. The van der Waals surface area contributed by atoms with Crippen LogP contribution in [-0.4, -0.2) is 74.5 Å². The fourth-order valence-corrected chi connectivity index (χ4v) is 6.52. The van der Waals surface area contributed by atoms with Crippen molar-refractivity contribution in [3.8, 4) is 0 Å². The van der Waals surface area contributed by atoms with Gasteiger partial charge in [0.25, 0.3) is 0 Å². The first-order valence-corrected chi connectivity index (χ1v) is 16.0. The monoisotopic (exact) mass is 598 g/mol. The van der Waals surface area contributed by atoms with Gasteiger partial charge in [-0.25, -0.2) is 14.8 Å². The largest absolute Gasteiger partial charge is 0.444 e. The number of amides is 3. The van der Waals surface area contributed by atoms with Crippen molar-refractivity contribution in [1.82, 2.24) is 25.1 Å². The minimum atomic E-state index is -1.20. The number of aromatic nitrogens is 2. The van der Waals surface area contributed by atoms with E-state index in [1.165, 1.54) is 4.88 Å². The third-order valence-corrected chi connectivity index (χ3v) is 8.65. The molecule has 0 spiro atoms. The van der Waals surface area contributed by atoms with E-state index in [0.29, 0.717) is 26.1 Å². The summed E-state index contributed by atoms with van der Waals surface area (Å²) in [5, 5.41) is 6.90. The molecule has 0 aliphatic carbocycles. The van der Waals surface area contributed by atoms with Gasteiger partial charge in [0.15, 0.2) is 5.13 Å². The zero-order chi connectivity index (χ0) is 30.5. The minimum Gasteiger partial charge on any atom is -0.444 e. The third-order valence-electron chi connectivity index (χ3n) is 7.68. The van der Waals surface area contributed by atoms with E-state index in [0.717, 1.165) is 55.2 Å². The summed E-state index contributed by atoms with van der Waals surface area (Å²) in [5.41, 5.74) is -0.861. The summed E-state index contributed by atoms with van der Waals surface area (Å²) in [6.07, 6.45) is 7.36. The number of ether oxygens (including phenoxy) is 1. The van der Waals surface area contributed by atoms with Gasteiger partial charge in [0.1, 0.15) is 23.0 Å². The second-order valence-corrected chi connectivity index (χ2v) is 13.9. The number of rotatable bonds is 8. The summed E-state index contributed by atoms with van der Waals surface area (Å²) in [5.74, 6) is 0.757. The second-order valence-electron chi connectivity index (χ2n) is 12.8. The number of likely N-dealkylation sites (tertiary alicyclic amines) is 2. The lowest BCUT2D eigenvalue weighted by atomic mass is 9.91. The molecular weight excluding hydrogens is 552 g/mol. The van der Waals surface area contributed by atoms with E-state index in [9.17, 15) is 14.4 Å². The van der Waals surface area contributed by atoms with Crippen LogP contribution in [0, 0.1) is 0 Å². The summed E-state index contributed by atoms with van der Waals surface area (Å²) in [4.78, 5) is 53.9. The summed E-state index contributed by atoms with van der Waals surface area (Å²) < 4.78 is 5.37. The molecule has 3 amide bonds. The Morgan fingerprint density at radius 3 is 2.48 bits per heavy atom. The van der Waals surface area contributed by atoms with Crippen LogP contribution in [-0.2, 0) is 20.7 Å². The summed E-state index contributed by atoms with van der Waals surface area (Å²) in [7, 11) is 0. The van der Waals surface area contributed by atoms with E-state index in [2.05, 4.69) is 28.6 Å². The number of piperidine rings is 2. The Morgan fingerprint density at radius 1 is 1.05 bits per heavy atom. The van der Waals surface area contributed by atoms with Gasteiger partial charge in [-0.15, -0.1) is 11.3 Å². The van der Waals surface area contributed by atoms with Crippen LogP contribution < -0.4 is 10.6 Å². The number of carbonyl (C=O) groups excluding carboxylic acids is 3. The molecule has 4 heterocycles. The summed E-state index contributed by atoms with van der Waals surface area (Å²) in [6, 6.07) is 5.50. The molecule has 2 aromatic heterocycles. The maximum absolute atomic E-state index is 13.7. The van der Waals surface area contributed by atoms with Gasteiger partial charge in [0.05, 0.1) is 0 Å². The van der Waals surface area contributed by atoms with Crippen LogP contribution in [0.25, 0.3) is 0 Å². The van der Waals surface area contributed by atoms with Gasteiger partial charge in [-0.2, -0.15) is 0 Å². The highest BCUT2D eigenvalue weighted by atomic mass is 32.1. The van der Waals surface area contributed by atoms with Gasteiger partial charge in [0, 0.05) is 42.3 Å². The Labute approximate surface area is 253 Å². The van der Waals surface area contributed by atoms with Crippen molar-refractivity contribution in [3.63, 3.8) is 0 Å². The van der Waals surface area contributed by atoms with Crippen LogP contribution in [0.2, 0.25) is 0 Å². The Kier molecular flexibility index (Phi) is 10.1. The van der Waals surface area contributed by atoms with Crippen molar-refractivity contribution in [2.45, 2.75) is 110 Å². The van der Waals surface area contributed by atoms with Gasteiger partial charge in [0.2, 0.25) is 11.8 Å². The number of hydrogen-bond acceptors (Lipinski definition) is 8. The number of pyridine rings is 1. The van der Waals surface area contributed by atoms with E-state index in [1.54, 1.807) is 50.9 Å². The maximum Gasteiger partial charge on any atom is 0.408 e. The highest BCUT2D eigenvalue weighted by molar-refractivity contribution is 7.15. The molecular formula is C31H46N6O4S. The summed E-state index contributed by atoms with van der Waals surface area (Å²) in [6.45, 7) is 12.5. The highest BCUT2D eigenvalue weighted by Crippen LogP contribution is 2.31. The third kappa shape index (κ3) is 8.20. The molecule has 0 bridgehead atoms. The standard InChI is InChI=1S/C31H46N6O4S/c1-7-11-22-20-32-28(42-22)34-25-14-10-12-23(33-25)21-15-18-36(19-16-21)26(38)24-13-8-9-17-37(24)27(39)31(5,6)35-29(40)41-30(2,3)4/h10,12,14,20-21,24H,7-9,11,13,15-19H2,1-6H3,(H,35,40)(H,32,33,34)/t24-/m0/s1. The molecule has 42 heavy (non-hydrogen) atoms. The average molecular weight is 599 g/mol. The molecule has 2 saturated heterocycles. The first kappa shape index (κ1) is 31.7. The van der Waals surface area contributed by atoms with Crippen molar-refractivity contribution < 1.29 is 19.1 Å². The number of anilines is 2. The van der Waals surface area contributed by atoms with Gasteiger partial charge in [-0.1, -0.05) is 19.4 Å². The van der Waals surface area contributed by atoms with E-state index in [-0.39, 0.29) is 17.7 Å². The van der Waals surface area contributed by atoms with Crippen molar-refractivity contribution in [2.24, 2.45) is 0 Å². The number of nitrogens with zero attached hydrogens (tertiary/aromatic N) is 4. The maximum atomic E-state index is 13.7. The zero-order valence-electron chi connectivity index (χ0n) is 25.9. The van der Waals surface area contributed by atoms with Gasteiger partial charge >= 0.3 is 6.09 Å². The molecule has 11 heteroatoms. The smallest absolute Gasteiger partial charge is 0.408 e. The number of aryl methyl sites for hydroxylation is 1. The first-order valence-electron chi connectivity index (χ1n) is 15.2. The molecule has 1 atom stereocenters. The first-order chi connectivity index (χ1) is 19.9. The van der Waals surface area contributed by atoms with Crippen LogP contribution in [0.3, 0.4) is 0 Å². The molecule has 2 aliphatic rings. The van der Waals surface area contributed by atoms with Gasteiger partial charge in [-0.05, 0) is 85.3 Å². The lowest BCUT2D eigenvalue weighted by molar-refractivity contribution is -0.151. The molecule has 2 aromatic rings. The Bertz CT molecular complexity index is 1250. The average Bonchev–Trinajstić information content (AvgIpc) is 3.38. The number of hydrogen-bond donors (Lipinski definition) is 2. The highest BCUT2D eigenvalue weighted by Gasteiger charge is 2.42. The molecule has 2 aliphatic heterocycles.